The molecule has 1 N–H and O–H groups in total. The lowest BCUT2D eigenvalue weighted by Crippen LogP contribution is -2.31. The van der Waals surface area contributed by atoms with E-state index in [0.717, 1.165) is 27.9 Å². The van der Waals surface area contributed by atoms with E-state index < -0.39 is 0 Å². The van der Waals surface area contributed by atoms with E-state index in [9.17, 15) is 9.18 Å². The van der Waals surface area contributed by atoms with Gasteiger partial charge in [-0.1, -0.05) is 12.1 Å². The van der Waals surface area contributed by atoms with Crippen molar-refractivity contribution in [2.24, 2.45) is 0 Å². The number of nitrogens with one attached hydrogen (secondary N) is 1. The van der Waals surface area contributed by atoms with Gasteiger partial charge in [-0.3, -0.25) is 15.3 Å². The Kier molecular flexibility index (Phi) is 6.27. The minimum absolute atomic E-state index is 0.274. The molecule has 8 nitrogen and oxygen atoms in total. The van der Waals surface area contributed by atoms with E-state index >= 15 is 0 Å². The van der Waals surface area contributed by atoms with Gasteiger partial charge < -0.3 is 4.90 Å². The molecule has 0 spiro atoms. The van der Waals surface area contributed by atoms with Crippen LogP contribution in [-0.2, 0) is 6.54 Å². The van der Waals surface area contributed by atoms with Crippen molar-refractivity contribution in [3.05, 3.63) is 96.6 Å². The van der Waals surface area contributed by atoms with Crippen LogP contribution in [-0.4, -0.2) is 42.9 Å². The molecule has 0 atom stereocenters. The summed E-state index contributed by atoms with van der Waals surface area (Å²) in [5.74, 6) is -0.0800. The molecule has 0 aliphatic carbocycles. The third-order valence-corrected chi connectivity index (χ3v) is 5.71. The summed E-state index contributed by atoms with van der Waals surface area (Å²) in [6.07, 6.45) is 4.72. The van der Waals surface area contributed by atoms with Crippen LogP contribution in [0.25, 0.3) is 33.4 Å². The summed E-state index contributed by atoms with van der Waals surface area (Å²) in [5, 5.41) is 3.69. The Hall–Kier alpha value is -4.79. The minimum atomic E-state index is -0.355. The van der Waals surface area contributed by atoms with Crippen molar-refractivity contribution in [3.8, 4) is 22.5 Å². The van der Waals surface area contributed by atoms with Crippen molar-refractivity contribution in [1.82, 2.24) is 29.8 Å². The second-order valence-corrected chi connectivity index (χ2v) is 8.26. The molecule has 3 aromatic heterocycles. The molecule has 0 saturated carbocycles. The second kappa shape index (κ2) is 9.83. The molecule has 36 heavy (non-hydrogen) atoms. The maximum Gasteiger partial charge on any atom is 0.323 e. The second-order valence-electron chi connectivity index (χ2n) is 8.26. The molecular weight excluding hydrogens is 457 g/mol. The molecule has 9 heteroatoms. The number of amides is 2. The lowest BCUT2D eigenvalue weighted by molar-refractivity contribution is 0.220. The highest BCUT2D eigenvalue weighted by atomic mass is 19.1. The molecule has 0 radical (unpaired) electrons. The van der Waals surface area contributed by atoms with Crippen molar-refractivity contribution in [3.63, 3.8) is 0 Å². The Labute approximate surface area is 206 Å². The van der Waals surface area contributed by atoms with E-state index in [1.165, 1.54) is 29.6 Å². The van der Waals surface area contributed by atoms with Gasteiger partial charge in [-0.05, 0) is 55.5 Å². The van der Waals surface area contributed by atoms with E-state index in [-0.39, 0.29) is 17.7 Å². The zero-order valence-corrected chi connectivity index (χ0v) is 19.7. The van der Waals surface area contributed by atoms with Crippen LogP contribution in [0.5, 0.6) is 0 Å². The fraction of sp³-hybridized carbons (Fsp3) is 0.111. The number of rotatable bonds is 5. The molecule has 2 amide bonds. The zero-order valence-electron chi connectivity index (χ0n) is 19.7. The van der Waals surface area contributed by atoms with Crippen LogP contribution in [0.1, 0.15) is 11.4 Å². The van der Waals surface area contributed by atoms with Crippen molar-refractivity contribution in [2.45, 2.75) is 13.5 Å². The smallest absolute Gasteiger partial charge is 0.322 e. The fourth-order valence-corrected chi connectivity index (χ4v) is 3.81. The van der Waals surface area contributed by atoms with Gasteiger partial charge in [-0.25, -0.2) is 24.1 Å². The van der Waals surface area contributed by atoms with Crippen molar-refractivity contribution >= 4 is 22.8 Å². The fourth-order valence-electron chi connectivity index (χ4n) is 3.81. The highest BCUT2D eigenvalue weighted by Gasteiger charge is 2.16. The molecule has 2 aromatic carbocycles. The zero-order chi connectivity index (χ0) is 25.1. The first-order valence-corrected chi connectivity index (χ1v) is 11.2. The summed E-state index contributed by atoms with van der Waals surface area (Å²) in [6, 6.07) is 17.0. The van der Waals surface area contributed by atoms with Crippen LogP contribution in [0.2, 0.25) is 0 Å². The molecule has 0 bridgehead atoms. The number of fused-ring (bicyclic) bond motifs is 1. The summed E-state index contributed by atoms with van der Waals surface area (Å²) in [4.78, 5) is 36.5. The number of carbonyl (C=O) groups is 1. The van der Waals surface area contributed by atoms with Crippen LogP contribution < -0.4 is 5.32 Å². The number of halogens is 1. The standard InChI is InChI=1S/C27H22FN7O/c1-17-22-13-19(8-11-23(22)32-16-31-17)25-26(18-6-9-20(28)10-7-18)33-24(14-30-25)34-27(36)35(2)15-21-5-3-4-12-29-21/h3-14,16H,15H2,1-2H3,(H,33,34,36). The molecule has 5 rings (SSSR count). The van der Waals surface area contributed by atoms with E-state index in [0.29, 0.717) is 23.5 Å². The van der Waals surface area contributed by atoms with Gasteiger partial charge in [-0.2, -0.15) is 0 Å². The first-order chi connectivity index (χ1) is 17.5. The van der Waals surface area contributed by atoms with Crippen LogP contribution in [0.3, 0.4) is 0 Å². The number of nitrogens with zero attached hydrogens (tertiary/aromatic N) is 6. The molecule has 0 aliphatic rings. The van der Waals surface area contributed by atoms with E-state index in [2.05, 4.69) is 25.3 Å². The van der Waals surface area contributed by atoms with E-state index in [1.807, 2.05) is 43.3 Å². The number of carbonyl (C=O) groups excluding carboxylic acids is 1. The summed E-state index contributed by atoms with van der Waals surface area (Å²) < 4.78 is 13.6. The largest absolute Gasteiger partial charge is 0.323 e. The average molecular weight is 480 g/mol. The number of benzene rings is 2. The van der Waals surface area contributed by atoms with Gasteiger partial charge in [0.2, 0.25) is 0 Å². The number of urea groups is 1. The van der Waals surface area contributed by atoms with E-state index in [1.54, 1.807) is 25.4 Å². The summed E-state index contributed by atoms with van der Waals surface area (Å²) in [6.45, 7) is 2.25. The first-order valence-electron chi connectivity index (χ1n) is 11.2. The van der Waals surface area contributed by atoms with Gasteiger partial charge in [0, 0.05) is 35.5 Å². The van der Waals surface area contributed by atoms with Crippen molar-refractivity contribution in [2.75, 3.05) is 12.4 Å². The van der Waals surface area contributed by atoms with Crippen LogP contribution in [0, 0.1) is 12.7 Å². The van der Waals surface area contributed by atoms with Gasteiger partial charge >= 0.3 is 6.03 Å². The van der Waals surface area contributed by atoms with Gasteiger partial charge in [-0.15, -0.1) is 0 Å². The number of aryl methyl sites for hydroxylation is 1. The molecule has 0 fully saturated rings. The van der Waals surface area contributed by atoms with Gasteiger partial charge in [0.05, 0.1) is 35.3 Å². The molecular formula is C27H22FN7O. The topological polar surface area (TPSA) is 96.8 Å². The Morgan fingerprint density at radius 2 is 1.75 bits per heavy atom. The molecule has 178 valence electrons. The van der Waals surface area contributed by atoms with Crippen LogP contribution >= 0.6 is 0 Å². The maximum absolute atomic E-state index is 13.6. The molecule has 5 aromatic rings. The third-order valence-electron chi connectivity index (χ3n) is 5.71. The Morgan fingerprint density at radius 3 is 2.53 bits per heavy atom. The Bertz CT molecular complexity index is 1540. The number of hydrogen-bond acceptors (Lipinski definition) is 6. The number of aromatic nitrogens is 5. The molecule has 3 heterocycles. The molecule has 0 aliphatic heterocycles. The van der Waals surface area contributed by atoms with Gasteiger partial charge in [0.1, 0.15) is 12.1 Å². The number of pyridine rings is 1. The summed E-state index contributed by atoms with van der Waals surface area (Å²) in [5.41, 5.74) is 5.00. The Balaban J connectivity index is 1.50. The van der Waals surface area contributed by atoms with Gasteiger partial charge in [0.15, 0.2) is 5.82 Å². The SMILES string of the molecule is Cc1ncnc2ccc(-c3ncc(NC(=O)N(C)Cc4ccccn4)nc3-c3ccc(F)cc3)cc12. The lowest BCUT2D eigenvalue weighted by atomic mass is 10.0. The predicted molar refractivity (Wildman–Crippen MR) is 135 cm³/mol. The van der Waals surface area contributed by atoms with Crippen LogP contribution in [0.15, 0.2) is 79.4 Å². The van der Waals surface area contributed by atoms with Gasteiger partial charge in [0.25, 0.3) is 0 Å². The quantitative estimate of drug-likeness (QED) is 0.369. The summed E-state index contributed by atoms with van der Waals surface area (Å²) in [7, 11) is 1.67. The predicted octanol–water partition coefficient (Wildman–Crippen LogP) is 5.26. The normalized spacial score (nSPS) is 10.9. The van der Waals surface area contributed by atoms with E-state index in [4.69, 9.17) is 4.98 Å². The highest BCUT2D eigenvalue weighted by Crippen LogP contribution is 2.32. The molecule has 0 saturated heterocycles. The Morgan fingerprint density at radius 1 is 0.944 bits per heavy atom. The number of anilines is 1. The minimum Gasteiger partial charge on any atom is -0.322 e. The lowest BCUT2D eigenvalue weighted by Gasteiger charge is -2.18. The third kappa shape index (κ3) is 4.85. The van der Waals surface area contributed by atoms with Crippen molar-refractivity contribution in [1.29, 1.82) is 0 Å². The van der Waals surface area contributed by atoms with Crippen molar-refractivity contribution < 1.29 is 9.18 Å². The summed E-state index contributed by atoms with van der Waals surface area (Å²) >= 11 is 0. The first kappa shape index (κ1) is 23.0. The average Bonchev–Trinajstić information content (AvgIpc) is 2.90. The highest BCUT2D eigenvalue weighted by molar-refractivity contribution is 5.91. The monoisotopic (exact) mass is 479 g/mol. The number of hydrogen-bond donors (Lipinski definition) is 1. The van der Waals surface area contributed by atoms with Crippen LogP contribution in [0.4, 0.5) is 15.0 Å². The maximum atomic E-state index is 13.6. The molecule has 0 unspecified atom stereocenters.